The monoisotopic (exact) mass is 356 g/mol. The second-order valence-electron chi connectivity index (χ2n) is 4.06. The Labute approximate surface area is 129 Å². The lowest BCUT2D eigenvalue weighted by atomic mass is 10.0. The second-order valence-corrected chi connectivity index (χ2v) is 5.27. The first-order chi connectivity index (χ1) is 9.49. The maximum atomic E-state index is 13.2. The topological polar surface area (TPSA) is 38.1 Å². The molecule has 20 heavy (non-hydrogen) atoms. The van der Waals surface area contributed by atoms with Crippen LogP contribution in [0.5, 0.6) is 0 Å². The van der Waals surface area contributed by atoms with Gasteiger partial charge in [-0.3, -0.25) is 4.68 Å². The van der Waals surface area contributed by atoms with Gasteiger partial charge in [0.25, 0.3) is 0 Å². The summed E-state index contributed by atoms with van der Waals surface area (Å²) in [6.07, 6.45) is 4.09. The number of aliphatic hydroxyl groups is 1. The fourth-order valence-corrected chi connectivity index (χ4v) is 2.79. The van der Waals surface area contributed by atoms with Crippen LogP contribution in [0.15, 0.2) is 22.7 Å². The number of aryl methyl sites for hydroxylation is 1. The van der Waals surface area contributed by atoms with Crippen molar-refractivity contribution in [2.24, 2.45) is 0 Å². The van der Waals surface area contributed by atoms with Gasteiger partial charge in [0.1, 0.15) is 11.9 Å². The Kier molecular flexibility index (Phi) is 4.48. The van der Waals surface area contributed by atoms with E-state index in [9.17, 15) is 9.50 Å². The fourth-order valence-electron chi connectivity index (χ4n) is 1.97. The normalized spacial score (nSPS) is 12.2. The summed E-state index contributed by atoms with van der Waals surface area (Å²) in [6.45, 7) is 2.42. The van der Waals surface area contributed by atoms with E-state index in [0.29, 0.717) is 27.8 Å². The van der Waals surface area contributed by atoms with Crippen LogP contribution in [0.2, 0.25) is 5.15 Å². The van der Waals surface area contributed by atoms with Gasteiger partial charge in [0.15, 0.2) is 5.15 Å². The van der Waals surface area contributed by atoms with Crippen molar-refractivity contribution >= 4 is 27.5 Å². The Morgan fingerprint density at radius 3 is 2.85 bits per heavy atom. The molecule has 0 aliphatic heterocycles. The average Bonchev–Trinajstić information content (AvgIpc) is 2.74. The van der Waals surface area contributed by atoms with Crippen molar-refractivity contribution in [3.8, 4) is 23.6 Å². The summed E-state index contributed by atoms with van der Waals surface area (Å²) < 4.78 is 15.4. The highest BCUT2D eigenvalue weighted by Gasteiger charge is 2.24. The number of halogens is 3. The zero-order valence-electron chi connectivity index (χ0n) is 10.6. The molecular weight excluding hydrogens is 347 g/mol. The number of aromatic nitrogens is 2. The van der Waals surface area contributed by atoms with Crippen LogP contribution in [0.3, 0.4) is 0 Å². The Morgan fingerprint density at radius 1 is 1.60 bits per heavy atom. The van der Waals surface area contributed by atoms with Crippen LogP contribution in [0.4, 0.5) is 4.39 Å². The van der Waals surface area contributed by atoms with Crippen molar-refractivity contribution in [3.63, 3.8) is 0 Å². The number of benzene rings is 1. The Morgan fingerprint density at radius 2 is 2.30 bits per heavy atom. The molecule has 0 saturated carbocycles. The van der Waals surface area contributed by atoms with Gasteiger partial charge in [0, 0.05) is 16.6 Å². The van der Waals surface area contributed by atoms with Crippen molar-refractivity contribution in [2.45, 2.75) is 19.6 Å². The molecule has 1 atom stereocenters. The fraction of sp³-hybridized carbons (Fsp3) is 0.214. The third kappa shape index (κ3) is 2.59. The number of hydrogen-bond donors (Lipinski definition) is 1. The third-order valence-corrected chi connectivity index (χ3v) is 3.80. The first kappa shape index (κ1) is 15.0. The van der Waals surface area contributed by atoms with E-state index < -0.39 is 6.10 Å². The van der Waals surface area contributed by atoms with E-state index in [2.05, 4.69) is 26.9 Å². The summed E-state index contributed by atoms with van der Waals surface area (Å²) in [6, 6.07) is 4.25. The summed E-state index contributed by atoms with van der Waals surface area (Å²) in [7, 11) is 0. The maximum absolute atomic E-state index is 13.2. The van der Waals surface area contributed by atoms with E-state index in [0.717, 1.165) is 0 Å². The van der Waals surface area contributed by atoms with Gasteiger partial charge in [-0.1, -0.05) is 17.5 Å². The van der Waals surface area contributed by atoms with Crippen LogP contribution < -0.4 is 0 Å². The van der Waals surface area contributed by atoms with Crippen molar-refractivity contribution < 1.29 is 9.50 Å². The quantitative estimate of drug-likeness (QED) is 0.849. The van der Waals surface area contributed by atoms with Crippen LogP contribution in [-0.4, -0.2) is 14.9 Å². The van der Waals surface area contributed by atoms with Crippen LogP contribution in [0.25, 0.3) is 11.3 Å². The van der Waals surface area contributed by atoms with Gasteiger partial charge in [-0.2, -0.15) is 5.10 Å². The van der Waals surface area contributed by atoms with Crippen LogP contribution >= 0.6 is 27.5 Å². The zero-order valence-corrected chi connectivity index (χ0v) is 12.9. The molecule has 1 N–H and O–H groups in total. The predicted octanol–water partition coefficient (Wildman–Crippen LogP) is 3.79. The molecule has 0 aliphatic carbocycles. The summed E-state index contributed by atoms with van der Waals surface area (Å²) in [5.41, 5.74) is 1.59. The smallest absolute Gasteiger partial charge is 0.158 e. The van der Waals surface area contributed by atoms with Crippen molar-refractivity contribution in [3.05, 3.63) is 39.2 Å². The van der Waals surface area contributed by atoms with Gasteiger partial charge >= 0.3 is 0 Å². The zero-order chi connectivity index (χ0) is 14.9. The number of hydrogen-bond acceptors (Lipinski definition) is 2. The highest BCUT2D eigenvalue weighted by Crippen LogP contribution is 2.37. The van der Waals surface area contributed by atoms with Crippen LogP contribution in [-0.2, 0) is 6.54 Å². The number of nitrogens with zero attached hydrogens (tertiary/aromatic N) is 2. The highest BCUT2D eigenvalue weighted by atomic mass is 79.9. The minimum absolute atomic E-state index is 0.142. The first-order valence-electron chi connectivity index (χ1n) is 5.85. The number of rotatable bonds is 3. The molecule has 1 unspecified atom stereocenters. The summed E-state index contributed by atoms with van der Waals surface area (Å²) in [4.78, 5) is 0. The molecule has 1 heterocycles. The molecule has 2 rings (SSSR count). The lowest BCUT2D eigenvalue weighted by molar-refractivity contribution is 0.239. The standard InChI is InChI=1S/C14H11BrClFN2O/c1-3-11(20)12-13(19(4-2)18-14(12)16)9-6-5-8(17)7-10(9)15/h1,5-7,11,20H,4H2,2H3. The van der Waals surface area contributed by atoms with Crippen LogP contribution in [0.1, 0.15) is 18.6 Å². The van der Waals surface area contributed by atoms with E-state index in [4.69, 9.17) is 18.0 Å². The van der Waals surface area contributed by atoms with Crippen molar-refractivity contribution in [2.75, 3.05) is 0 Å². The summed E-state index contributed by atoms with van der Waals surface area (Å²) in [5.74, 6) is 1.86. The molecule has 3 nitrogen and oxygen atoms in total. The van der Waals surface area contributed by atoms with Gasteiger partial charge in [0.2, 0.25) is 0 Å². The molecule has 104 valence electrons. The number of terminal acetylenes is 1. The van der Waals surface area contributed by atoms with E-state index >= 15 is 0 Å². The molecular formula is C14H11BrClFN2O. The first-order valence-corrected chi connectivity index (χ1v) is 7.02. The molecule has 0 spiro atoms. The Hall–Kier alpha value is -1.35. The molecule has 0 saturated heterocycles. The summed E-state index contributed by atoms with van der Waals surface area (Å²) >= 11 is 9.36. The molecule has 0 bridgehead atoms. The molecule has 1 aromatic heterocycles. The van der Waals surface area contributed by atoms with Gasteiger partial charge in [-0.15, -0.1) is 6.42 Å². The lowest BCUT2D eigenvalue weighted by Crippen LogP contribution is -2.02. The molecule has 0 amide bonds. The predicted molar refractivity (Wildman–Crippen MR) is 79.8 cm³/mol. The van der Waals surface area contributed by atoms with Gasteiger partial charge < -0.3 is 5.11 Å². The largest absolute Gasteiger partial charge is 0.376 e. The molecule has 6 heteroatoms. The second kappa shape index (κ2) is 5.96. The molecule has 0 radical (unpaired) electrons. The molecule has 0 aliphatic rings. The lowest BCUT2D eigenvalue weighted by Gasteiger charge is -2.11. The maximum Gasteiger partial charge on any atom is 0.158 e. The van der Waals surface area contributed by atoms with Gasteiger partial charge in [0.05, 0.1) is 11.3 Å². The molecule has 1 aromatic carbocycles. The summed E-state index contributed by atoms with van der Waals surface area (Å²) in [5, 5.41) is 14.2. The molecule has 2 aromatic rings. The SMILES string of the molecule is C#CC(O)c1c(Cl)nn(CC)c1-c1ccc(F)cc1Br. The number of aliphatic hydroxyl groups excluding tert-OH is 1. The van der Waals surface area contributed by atoms with E-state index in [-0.39, 0.29) is 11.0 Å². The van der Waals surface area contributed by atoms with Crippen molar-refractivity contribution in [1.29, 1.82) is 0 Å². The van der Waals surface area contributed by atoms with E-state index in [1.807, 2.05) is 6.92 Å². The van der Waals surface area contributed by atoms with Gasteiger partial charge in [-0.05, 0) is 41.1 Å². The van der Waals surface area contributed by atoms with Gasteiger partial charge in [-0.25, -0.2) is 4.39 Å². The van der Waals surface area contributed by atoms with Crippen LogP contribution in [0, 0.1) is 18.2 Å². The molecule has 0 fully saturated rings. The average molecular weight is 358 g/mol. The highest BCUT2D eigenvalue weighted by molar-refractivity contribution is 9.10. The van der Waals surface area contributed by atoms with E-state index in [1.165, 1.54) is 12.1 Å². The minimum atomic E-state index is -1.17. The van der Waals surface area contributed by atoms with Crippen molar-refractivity contribution in [1.82, 2.24) is 9.78 Å². The minimum Gasteiger partial charge on any atom is -0.376 e. The Bertz CT molecular complexity index is 693. The Balaban J connectivity index is 2.75. The third-order valence-electron chi connectivity index (χ3n) is 2.86. The van der Waals surface area contributed by atoms with E-state index in [1.54, 1.807) is 10.7 Å².